The van der Waals surface area contributed by atoms with Gasteiger partial charge in [-0.2, -0.15) is 0 Å². The van der Waals surface area contributed by atoms with Gasteiger partial charge < -0.3 is 14.6 Å². The number of rotatable bonds is 4. The van der Waals surface area contributed by atoms with Crippen molar-refractivity contribution >= 4 is 28.5 Å². The zero-order valence-electron chi connectivity index (χ0n) is 12.9. The van der Waals surface area contributed by atoms with Gasteiger partial charge >= 0.3 is 11.6 Å². The lowest BCUT2D eigenvalue weighted by molar-refractivity contribution is -0.135. The second-order valence-electron chi connectivity index (χ2n) is 5.26. The Morgan fingerprint density at radius 3 is 2.44 bits per heavy atom. The summed E-state index contributed by atoms with van der Waals surface area (Å²) in [7, 11) is 0. The van der Waals surface area contributed by atoms with Crippen molar-refractivity contribution in [1.29, 1.82) is 0 Å². The molecule has 1 amide bonds. The zero-order chi connectivity index (χ0) is 18.0. The molecule has 0 unspecified atom stereocenters. The van der Waals surface area contributed by atoms with Gasteiger partial charge in [-0.25, -0.2) is 4.79 Å². The number of carboxylic acid groups (broad SMARTS) is 1. The van der Waals surface area contributed by atoms with E-state index in [4.69, 9.17) is 9.52 Å². The Morgan fingerprint density at radius 2 is 1.76 bits per heavy atom. The lowest BCUT2D eigenvalue weighted by Crippen LogP contribution is -2.38. The van der Waals surface area contributed by atoms with Crippen LogP contribution in [0.4, 0.5) is 5.69 Å². The molecule has 0 aliphatic heterocycles. The van der Waals surface area contributed by atoms with Crippen molar-refractivity contribution in [3.63, 3.8) is 0 Å². The molecule has 25 heavy (non-hydrogen) atoms. The van der Waals surface area contributed by atoms with Gasteiger partial charge in [-0.15, -0.1) is 0 Å². The number of anilines is 1. The highest BCUT2D eigenvalue weighted by molar-refractivity contribution is 6.09. The number of hydrogen-bond donors (Lipinski definition) is 2. The predicted octanol–water partition coefficient (Wildman–Crippen LogP) is 2.23. The van der Waals surface area contributed by atoms with E-state index in [0.29, 0.717) is 11.1 Å². The maximum absolute atomic E-state index is 12.8. The highest BCUT2D eigenvalue weighted by Gasteiger charge is 2.24. The Balaban J connectivity index is 2.11. The third kappa shape index (κ3) is 3.20. The van der Waals surface area contributed by atoms with Gasteiger partial charge in [-0.05, 0) is 24.3 Å². The number of aromatic hydroxyl groups is 1. The molecule has 0 spiro atoms. The summed E-state index contributed by atoms with van der Waals surface area (Å²) in [5.41, 5.74) is -0.965. The first-order valence-electron chi connectivity index (χ1n) is 7.32. The number of hydrogen-bond acceptors (Lipinski definition) is 5. The second-order valence-corrected chi connectivity index (χ2v) is 5.26. The summed E-state index contributed by atoms with van der Waals surface area (Å²) < 4.78 is 5.04. The van der Waals surface area contributed by atoms with Crippen LogP contribution in [-0.2, 0) is 4.79 Å². The fourth-order valence-corrected chi connectivity index (χ4v) is 2.45. The molecule has 0 aliphatic carbocycles. The Labute approximate surface area is 141 Å². The third-order valence-corrected chi connectivity index (χ3v) is 3.58. The van der Waals surface area contributed by atoms with Crippen LogP contribution < -0.4 is 10.5 Å². The first-order valence-corrected chi connectivity index (χ1v) is 7.32. The van der Waals surface area contributed by atoms with Gasteiger partial charge in [0.15, 0.2) is 11.3 Å². The van der Waals surface area contributed by atoms with Crippen molar-refractivity contribution in [2.45, 2.75) is 0 Å². The third-order valence-electron chi connectivity index (χ3n) is 3.58. The number of nitrogens with zero attached hydrogens (tertiary/aromatic N) is 1. The summed E-state index contributed by atoms with van der Waals surface area (Å²) in [6.45, 7) is -0.611. The van der Waals surface area contributed by atoms with Gasteiger partial charge in [0.05, 0.1) is 0 Å². The Bertz CT molecular complexity index is 1010. The minimum atomic E-state index is -1.22. The second kappa shape index (κ2) is 6.48. The number of fused-ring (bicyclic) bond motifs is 1. The molecule has 2 aromatic carbocycles. The van der Waals surface area contributed by atoms with Crippen molar-refractivity contribution in [2.75, 3.05) is 11.4 Å². The number of para-hydroxylation sites is 2. The molecule has 0 aliphatic rings. The quantitative estimate of drug-likeness (QED) is 0.706. The summed E-state index contributed by atoms with van der Waals surface area (Å²) in [6.07, 6.45) is 0. The number of phenolic OH excluding ortho intramolecular Hbond substituents is 1. The van der Waals surface area contributed by atoms with E-state index >= 15 is 0 Å². The zero-order valence-corrected chi connectivity index (χ0v) is 12.9. The van der Waals surface area contributed by atoms with Gasteiger partial charge in [-0.1, -0.05) is 30.3 Å². The molecule has 0 radical (unpaired) electrons. The number of carbonyl (C=O) groups is 2. The average molecular weight is 339 g/mol. The van der Waals surface area contributed by atoms with Gasteiger partial charge in [-0.3, -0.25) is 14.5 Å². The molecule has 3 rings (SSSR count). The van der Waals surface area contributed by atoms with Crippen molar-refractivity contribution in [3.8, 4) is 5.75 Å². The van der Waals surface area contributed by atoms with Crippen molar-refractivity contribution < 1.29 is 24.2 Å². The Kier molecular flexibility index (Phi) is 4.21. The Morgan fingerprint density at radius 1 is 1.04 bits per heavy atom. The smallest absolute Gasteiger partial charge is 0.349 e. The van der Waals surface area contributed by atoms with Crippen molar-refractivity contribution in [1.82, 2.24) is 0 Å². The summed E-state index contributed by atoms with van der Waals surface area (Å²) in [5.74, 6) is -2.24. The van der Waals surface area contributed by atoms with E-state index in [1.807, 2.05) is 0 Å². The molecule has 0 fully saturated rings. The molecule has 1 heterocycles. The molecule has 0 saturated heterocycles. The number of amides is 1. The topological polar surface area (TPSA) is 108 Å². The maximum Gasteiger partial charge on any atom is 0.349 e. The number of carbonyl (C=O) groups excluding carboxylic acids is 1. The van der Waals surface area contributed by atoms with Gasteiger partial charge in [0.2, 0.25) is 0 Å². The molecule has 2 N–H and O–H groups in total. The maximum atomic E-state index is 12.8. The molecule has 0 bridgehead atoms. The molecule has 7 heteroatoms. The molecule has 1 aromatic heterocycles. The van der Waals surface area contributed by atoms with Crippen LogP contribution in [0.1, 0.15) is 10.4 Å². The molecule has 7 nitrogen and oxygen atoms in total. The van der Waals surface area contributed by atoms with Gasteiger partial charge in [0, 0.05) is 11.1 Å². The van der Waals surface area contributed by atoms with E-state index in [2.05, 4.69) is 0 Å². The van der Waals surface area contributed by atoms with Gasteiger partial charge in [0.1, 0.15) is 12.1 Å². The molecular weight excluding hydrogens is 326 g/mol. The molecule has 126 valence electrons. The van der Waals surface area contributed by atoms with Crippen LogP contribution in [-0.4, -0.2) is 28.6 Å². The van der Waals surface area contributed by atoms with E-state index in [9.17, 15) is 19.5 Å². The number of carboxylic acids is 1. The normalized spacial score (nSPS) is 10.6. The van der Waals surface area contributed by atoms with E-state index in [1.54, 1.807) is 36.4 Å². The minimum absolute atomic E-state index is 0.0338. The van der Waals surface area contributed by atoms with Crippen molar-refractivity contribution in [3.05, 3.63) is 70.6 Å². The van der Waals surface area contributed by atoms with Crippen LogP contribution in [0.25, 0.3) is 11.0 Å². The minimum Gasteiger partial charge on any atom is -0.504 e. The van der Waals surface area contributed by atoms with Crippen LogP contribution in [0.15, 0.2) is 63.8 Å². The monoisotopic (exact) mass is 339 g/mol. The first-order chi connectivity index (χ1) is 12.0. The molecule has 0 saturated carbocycles. The fraction of sp³-hybridized carbons (Fsp3) is 0.0556. The van der Waals surface area contributed by atoms with Crippen LogP contribution in [0.3, 0.4) is 0 Å². The van der Waals surface area contributed by atoms with E-state index in [1.165, 1.54) is 18.2 Å². The summed E-state index contributed by atoms with van der Waals surface area (Å²) in [5, 5.41) is 19.2. The van der Waals surface area contributed by atoms with Crippen LogP contribution in [0.2, 0.25) is 0 Å². The van der Waals surface area contributed by atoms with Crippen LogP contribution >= 0.6 is 0 Å². The van der Waals surface area contributed by atoms with E-state index in [0.717, 1.165) is 4.90 Å². The number of aliphatic carboxylic acids is 1. The largest absolute Gasteiger partial charge is 0.504 e. The number of phenols is 1. The molecular formula is C18H13NO6. The fourth-order valence-electron chi connectivity index (χ4n) is 2.45. The summed E-state index contributed by atoms with van der Waals surface area (Å²) in [4.78, 5) is 37.1. The SMILES string of the molecule is O=C(O)CN(C(=O)c1cc2cccc(O)c2oc1=O)c1ccccc1. The predicted molar refractivity (Wildman–Crippen MR) is 89.9 cm³/mol. The lowest BCUT2D eigenvalue weighted by Gasteiger charge is -2.20. The van der Waals surface area contributed by atoms with Crippen LogP contribution in [0, 0.1) is 0 Å². The highest BCUT2D eigenvalue weighted by atomic mass is 16.4. The molecule has 0 atom stereocenters. The Hall–Kier alpha value is -3.61. The van der Waals surface area contributed by atoms with E-state index < -0.39 is 24.0 Å². The van der Waals surface area contributed by atoms with Crippen LogP contribution in [0.5, 0.6) is 5.75 Å². The van der Waals surface area contributed by atoms with Gasteiger partial charge in [0.25, 0.3) is 5.91 Å². The summed E-state index contributed by atoms with van der Waals surface area (Å²) >= 11 is 0. The average Bonchev–Trinajstić information content (AvgIpc) is 2.60. The number of benzene rings is 2. The molecule has 3 aromatic rings. The standard InChI is InChI=1S/C18H13NO6/c20-14-8-4-5-11-9-13(18(24)25-16(11)14)17(23)19(10-15(21)22)12-6-2-1-3-7-12/h1-9,20H,10H2,(H,21,22). The van der Waals surface area contributed by atoms with Crippen molar-refractivity contribution in [2.24, 2.45) is 0 Å². The van der Waals surface area contributed by atoms with E-state index in [-0.39, 0.29) is 16.9 Å². The first kappa shape index (κ1) is 16.3. The summed E-state index contributed by atoms with van der Waals surface area (Å²) in [6, 6.07) is 13.9. The highest BCUT2D eigenvalue weighted by Crippen LogP contribution is 2.24. The lowest BCUT2D eigenvalue weighted by atomic mass is 10.1.